The quantitative estimate of drug-likeness (QED) is 0.392. The van der Waals surface area contributed by atoms with Crippen molar-refractivity contribution in [3.8, 4) is 6.07 Å². The Labute approximate surface area is 169 Å². The van der Waals surface area contributed by atoms with Crippen molar-refractivity contribution in [3.05, 3.63) is 33.8 Å². The van der Waals surface area contributed by atoms with Crippen LogP contribution in [-0.4, -0.2) is 44.4 Å². The van der Waals surface area contributed by atoms with E-state index in [1.807, 2.05) is 31.1 Å². The number of aromatic nitrogens is 2. The number of hydrogen-bond donors (Lipinski definition) is 1. The van der Waals surface area contributed by atoms with Crippen molar-refractivity contribution >= 4 is 59.9 Å². The van der Waals surface area contributed by atoms with Crippen LogP contribution in [0.15, 0.2) is 32.6 Å². The maximum absolute atomic E-state index is 12.3. The van der Waals surface area contributed by atoms with Gasteiger partial charge >= 0.3 is 0 Å². The third-order valence-corrected chi connectivity index (χ3v) is 7.06. The summed E-state index contributed by atoms with van der Waals surface area (Å²) in [5, 5.41) is 18.9. The van der Waals surface area contributed by atoms with E-state index in [1.54, 1.807) is 12.1 Å². The van der Waals surface area contributed by atoms with E-state index in [-0.39, 0.29) is 20.8 Å². The minimum absolute atomic E-state index is 0.0114. The average molecular weight is 470 g/mol. The summed E-state index contributed by atoms with van der Waals surface area (Å²) in [6.45, 7) is 1.49. The fraction of sp³-hybridized carbons (Fsp3) is 0.250. The van der Waals surface area contributed by atoms with Gasteiger partial charge in [-0.1, -0.05) is 24.3 Å². The summed E-state index contributed by atoms with van der Waals surface area (Å²) in [4.78, 5) is 14.2. The van der Waals surface area contributed by atoms with Crippen molar-refractivity contribution in [1.82, 2.24) is 10.2 Å². The largest absolute Gasteiger partial charge is 0.377 e. The van der Waals surface area contributed by atoms with Crippen molar-refractivity contribution in [2.75, 3.05) is 30.1 Å². The van der Waals surface area contributed by atoms with Gasteiger partial charge in [0.1, 0.15) is 11.6 Å². The first-order valence-corrected chi connectivity index (χ1v) is 10.9. The second-order valence-electron chi connectivity index (χ2n) is 5.51. The fourth-order valence-corrected chi connectivity index (χ4v) is 4.70. The first-order chi connectivity index (χ1) is 12.7. The van der Waals surface area contributed by atoms with Crippen LogP contribution < -0.4 is 10.2 Å². The Hall–Kier alpha value is -2.29. The van der Waals surface area contributed by atoms with Gasteiger partial charge in [-0.25, -0.2) is 8.42 Å². The number of halogens is 1. The molecule has 0 atom stereocenters. The molecule has 8 nitrogen and oxygen atoms in total. The second-order valence-corrected chi connectivity index (χ2v) is 9.79. The van der Waals surface area contributed by atoms with E-state index in [1.165, 1.54) is 13.0 Å². The Morgan fingerprint density at radius 1 is 1.41 bits per heavy atom. The van der Waals surface area contributed by atoms with E-state index in [2.05, 4.69) is 31.4 Å². The Balaban J connectivity index is 2.23. The first kappa shape index (κ1) is 21.0. The number of rotatable bonds is 6. The molecule has 1 heterocycles. The van der Waals surface area contributed by atoms with Gasteiger partial charge in [-0.15, -0.1) is 10.2 Å². The normalized spacial score (nSPS) is 11.7. The van der Waals surface area contributed by atoms with E-state index in [0.29, 0.717) is 5.56 Å². The zero-order chi connectivity index (χ0) is 20.2. The summed E-state index contributed by atoms with van der Waals surface area (Å²) in [6.07, 6.45) is 1.43. The van der Waals surface area contributed by atoms with Gasteiger partial charge in [0.25, 0.3) is 5.91 Å². The smallest absolute Gasteiger partial charge is 0.268 e. The molecule has 0 radical (unpaired) electrons. The lowest BCUT2D eigenvalue weighted by atomic mass is 10.1. The molecular weight excluding hydrogens is 454 g/mol. The molecule has 1 aromatic heterocycles. The molecule has 0 fully saturated rings. The van der Waals surface area contributed by atoms with Crippen LogP contribution in [-0.2, 0) is 14.6 Å². The van der Waals surface area contributed by atoms with Crippen molar-refractivity contribution in [2.24, 2.45) is 0 Å². The molecule has 11 heteroatoms. The number of anilines is 2. The van der Waals surface area contributed by atoms with Crippen LogP contribution in [0.4, 0.5) is 10.8 Å². The van der Waals surface area contributed by atoms with Crippen molar-refractivity contribution < 1.29 is 13.2 Å². The van der Waals surface area contributed by atoms with E-state index < -0.39 is 15.7 Å². The highest BCUT2D eigenvalue weighted by atomic mass is 79.9. The van der Waals surface area contributed by atoms with Crippen molar-refractivity contribution in [2.45, 2.75) is 11.3 Å². The van der Waals surface area contributed by atoms with Crippen LogP contribution in [0.25, 0.3) is 6.08 Å². The van der Waals surface area contributed by atoms with E-state index >= 15 is 0 Å². The van der Waals surface area contributed by atoms with Gasteiger partial charge in [0.05, 0.1) is 11.4 Å². The summed E-state index contributed by atoms with van der Waals surface area (Å²) in [7, 11) is 0.305. The summed E-state index contributed by atoms with van der Waals surface area (Å²) < 4.78 is 24.2. The van der Waals surface area contributed by atoms with Crippen LogP contribution in [0, 0.1) is 11.3 Å². The van der Waals surface area contributed by atoms with Crippen molar-refractivity contribution in [3.63, 3.8) is 0 Å². The molecule has 142 valence electrons. The lowest BCUT2D eigenvalue weighted by Gasteiger charge is -2.14. The maximum Gasteiger partial charge on any atom is 0.268 e. The SMILES string of the molecule is CCS(=O)(=O)c1nnc(NC(=O)/C(C#N)=C\c2ccc(N(C)C)c(Br)c2)s1. The van der Waals surface area contributed by atoms with E-state index in [9.17, 15) is 18.5 Å². The molecule has 0 aliphatic carbocycles. The number of benzene rings is 1. The lowest BCUT2D eigenvalue weighted by Crippen LogP contribution is -2.13. The predicted octanol–water partition coefficient (Wildman–Crippen LogP) is 2.71. The number of amides is 1. The average Bonchev–Trinajstić information content (AvgIpc) is 3.08. The predicted molar refractivity (Wildman–Crippen MR) is 108 cm³/mol. The molecule has 1 amide bonds. The number of carbonyl (C=O) groups excluding carboxylic acids is 1. The number of nitrogens with one attached hydrogen (secondary N) is 1. The van der Waals surface area contributed by atoms with E-state index in [0.717, 1.165) is 21.5 Å². The summed E-state index contributed by atoms with van der Waals surface area (Å²) in [5.41, 5.74) is 1.47. The molecule has 2 rings (SSSR count). The molecule has 1 N–H and O–H groups in total. The number of carbonyl (C=O) groups is 1. The molecule has 27 heavy (non-hydrogen) atoms. The van der Waals surface area contributed by atoms with Gasteiger partial charge in [-0.2, -0.15) is 5.26 Å². The van der Waals surface area contributed by atoms with E-state index in [4.69, 9.17) is 0 Å². The monoisotopic (exact) mass is 469 g/mol. The van der Waals surface area contributed by atoms with Crippen LogP contribution in [0.1, 0.15) is 12.5 Å². The third-order valence-electron chi connectivity index (χ3n) is 3.40. The zero-order valence-electron chi connectivity index (χ0n) is 14.7. The minimum atomic E-state index is -3.50. The van der Waals surface area contributed by atoms with Gasteiger partial charge in [0.2, 0.25) is 19.3 Å². The van der Waals surface area contributed by atoms with Gasteiger partial charge in [-0.3, -0.25) is 10.1 Å². The van der Waals surface area contributed by atoms with Gasteiger partial charge in [0, 0.05) is 18.6 Å². The van der Waals surface area contributed by atoms with Crippen LogP contribution in [0.3, 0.4) is 0 Å². The van der Waals surface area contributed by atoms with Gasteiger partial charge < -0.3 is 4.90 Å². The summed E-state index contributed by atoms with van der Waals surface area (Å²) in [5.74, 6) is -0.807. The second kappa shape index (κ2) is 8.60. The topological polar surface area (TPSA) is 116 Å². The number of nitrogens with zero attached hydrogens (tertiary/aromatic N) is 4. The highest BCUT2D eigenvalue weighted by Crippen LogP contribution is 2.27. The standard InChI is InChI=1S/C16H16BrN5O3S2/c1-4-27(24,25)16-21-20-15(26-16)19-14(23)11(9-18)7-10-5-6-13(22(2)3)12(17)8-10/h5-8H,4H2,1-3H3,(H,19,20,23)/b11-7-. The van der Waals surface area contributed by atoms with Gasteiger partial charge in [-0.05, 0) is 39.7 Å². The number of sulfone groups is 1. The molecular formula is C16H16BrN5O3S2. The number of nitriles is 1. The zero-order valence-corrected chi connectivity index (χ0v) is 17.9. The molecule has 0 bridgehead atoms. The first-order valence-electron chi connectivity index (χ1n) is 7.64. The molecule has 1 aromatic carbocycles. The molecule has 0 aliphatic heterocycles. The highest BCUT2D eigenvalue weighted by Gasteiger charge is 2.20. The fourth-order valence-electron chi connectivity index (χ4n) is 1.96. The Bertz CT molecular complexity index is 1040. The molecule has 0 saturated carbocycles. The lowest BCUT2D eigenvalue weighted by molar-refractivity contribution is -0.112. The Kier molecular flexibility index (Phi) is 6.69. The minimum Gasteiger partial charge on any atom is -0.377 e. The van der Waals surface area contributed by atoms with Crippen molar-refractivity contribution in [1.29, 1.82) is 5.26 Å². The molecule has 2 aromatic rings. The van der Waals surface area contributed by atoms with Crippen LogP contribution >= 0.6 is 27.3 Å². The van der Waals surface area contributed by atoms with Crippen LogP contribution in [0.2, 0.25) is 0 Å². The summed E-state index contributed by atoms with van der Waals surface area (Å²) in [6, 6.07) is 7.26. The molecule has 0 aliphatic rings. The number of hydrogen-bond acceptors (Lipinski definition) is 8. The molecule has 0 unspecified atom stereocenters. The molecule has 0 spiro atoms. The maximum atomic E-state index is 12.3. The summed E-state index contributed by atoms with van der Waals surface area (Å²) >= 11 is 4.19. The van der Waals surface area contributed by atoms with Gasteiger partial charge in [0.15, 0.2) is 0 Å². The highest BCUT2D eigenvalue weighted by molar-refractivity contribution is 9.10. The Morgan fingerprint density at radius 2 is 2.11 bits per heavy atom. The Morgan fingerprint density at radius 3 is 2.67 bits per heavy atom. The molecule has 0 saturated heterocycles. The van der Waals surface area contributed by atoms with Crippen LogP contribution in [0.5, 0.6) is 0 Å². The third kappa shape index (κ3) is 5.12.